The number of aryl methyl sites for hydroxylation is 1. The second-order valence-corrected chi connectivity index (χ2v) is 4.57. The van der Waals surface area contributed by atoms with Gasteiger partial charge in [-0.05, 0) is 35.6 Å². The van der Waals surface area contributed by atoms with Crippen LogP contribution in [0.25, 0.3) is 10.9 Å². The van der Waals surface area contributed by atoms with Gasteiger partial charge in [-0.2, -0.15) is 0 Å². The first-order chi connectivity index (χ1) is 7.00. The van der Waals surface area contributed by atoms with E-state index in [1.165, 1.54) is 6.07 Å². The van der Waals surface area contributed by atoms with Crippen LogP contribution in [-0.2, 0) is 0 Å². The van der Waals surface area contributed by atoms with E-state index in [-0.39, 0.29) is 5.52 Å². The van der Waals surface area contributed by atoms with Gasteiger partial charge in [0, 0.05) is 11.5 Å². The number of hydrogen-bond acceptors (Lipinski definition) is 1. The minimum atomic E-state index is -0.689. The Morgan fingerprint density at radius 3 is 2.67 bits per heavy atom. The maximum atomic E-state index is 13.4. The number of nitrogens with zero attached hydrogens (tertiary/aromatic N) is 1. The molecule has 0 fully saturated rings. The molecule has 0 amide bonds. The molecule has 0 N–H and O–H groups in total. The quantitative estimate of drug-likeness (QED) is 0.659. The molecule has 0 aliphatic carbocycles. The monoisotopic (exact) mass is 339 g/mol. The molecule has 78 valence electrons. The Morgan fingerprint density at radius 2 is 2.00 bits per heavy atom. The number of pyridine rings is 1. The van der Waals surface area contributed by atoms with Gasteiger partial charge in [-0.1, -0.05) is 11.6 Å². The third-order valence-electron chi connectivity index (χ3n) is 2.05. The SMILES string of the molecule is Cc1nc2c(F)cc(F)cc2c(Cl)c1I. The summed E-state index contributed by atoms with van der Waals surface area (Å²) in [6.07, 6.45) is 0. The Balaban J connectivity index is 2.98. The number of hydrogen-bond donors (Lipinski definition) is 0. The van der Waals surface area contributed by atoms with E-state index >= 15 is 0 Å². The van der Waals surface area contributed by atoms with E-state index in [9.17, 15) is 8.78 Å². The average molecular weight is 340 g/mol. The normalized spacial score (nSPS) is 11.0. The van der Waals surface area contributed by atoms with E-state index < -0.39 is 11.6 Å². The molecular formula is C10H5ClF2IN. The second-order valence-electron chi connectivity index (χ2n) is 3.11. The molecule has 0 aliphatic rings. The van der Waals surface area contributed by atoms with Crippen molar-refractivity contribution in [3.63, 3.8) is 0 Å². The summed E-state index contributed by atoms with van der Waals surface area (Å²) in [6, 6.07) is 1.99. The highest BCUT2D eigenvalue weighted by molar-refractivity contribution is 14.1. The molecule has 0 saturated carbocycles. The first-order valence-electron chi connectivity index (χ1n) is 4.11. The van der Waals surface area contributed by atoms with Crippen LogP contribution < -0.4 is 0 Å². The van der Waals surface area contributed by atoms with Gasteiger partial charge in [0.25, 0.3) is 0 Å². The van der Waals surface area contributed by atoms with Crippen LogP contribution in [0, 0.1) is 22.1 Å². The smallest absolute Gasteiger partial charge is 0.152 e. The molecule has 0 spiro atoms. The number of aromatic nitrogens is 1. The molecular weight excluding hydrogens is 334 g/mol. The summed E-state index contributed by atoms with van der Waals surface area (Å²) in [5.74, 6) is -1.34. The number of rotatable bonds is 0. The van der Waals surface area contributed by atoms with Crippen LogP contribution in [0.2, 0.25) is 5.02 Å². The third-order valence-corrected chi connectivity index (χ3v) is 4.09. The lowest BCUT2D eigenvalue weighted by Crippen LogP contribution is -1.94. The molecule has 0 saturated heterocycles. The van der Waals surface area contributed by atoms with Crippen LogP contribution in [-0.4, -0.2) is 4.98 Å². The van der Waals surface area contributed by atoms with Crippen LogP contribution in [0.4, 0.5) is 8.78 Å². The van der Waals surface area contributed by atoms with Crippen molar-refractivity contribution in [2.45, 2.75) is 6.92 Å². The van der Waals surface area contributed by atoms with Crippen molar-refractivity contribution in [3.8, 4) is 0 Å². The molecule has 15 heavy (non-hydrogen) atoms. The van der Waals surface area contributed by atoms with Crippen molar-refractivity contribution in [2.24, 2.45) is 0 Å². The fraction of sp³-hybridized carbons (Fsp3) is 0.100. The molecule has 5 heteroatoms. The highest BCUT2D eigenvalue weighted by atomic mass is 127. The number of fused-ring (bicyclic) bond motifs is 1. The van der Waals surface area contributed by atoms with Gasteiger partial charge in [-0.3, -0.25) is 0 Å². The van der Waals surface area contributed by atoms with Gasteiger partial charge in [0.2, 0.25) is 0 Å². The first kappa shape index (κ1) is 11.0. The highest BCUT2D eigenvalue weighted by Gasteiger charge is 2.13. The summed E-state index contributed by atoms with van der Waals surface area (Å²) < 4.78 is 27.1. The predicted molar refractivity (Wildman–Crippen MR) is 64.1 cm³/mol. The van der Waals surface area contributed by atoms with Gasteiger partial charge >= 0.3 is 0 Å². The minimum absolute atomic E-state index is 0.110. The van der Waals surface area contributed by atoms with Gasteiger partial charge < -0.3 is 0 Å². The zero-order valence-electron chi connectivity index (χ0n) is 7.61. The summed E-state index contributed by atoms with van der Waals surface area (Å²) in [4.78, 5) is 4.04. The van der Waals surface area contributed by atoms with E-state index in [1.54, 1.807) is 6.92 Å². The fourth-order valence-corrected chi connectivity index (χ4v) is 2.03. The molecule has 0 bridgehead atoms. The molecule has 1 aromatic carbocycles. The van der Waals surface area contributed by atoms with Gasteiger partial charge in [0.1, 0.15) is 11.3 Å². The summed E-state index contributed by atoms with van der Waals surface area (Å²) in [7, 11) is 0. The lowest BCUT2D eigenvalue weighted by Gasteiger charge is -2.06. The summed E-state index contributed by atoms with van der Waals surface area (Å²) in [5.41, 5.74) is 0.748. The summed E-state index contributed by atoms with van der Waals surface area (Å²) in [6.45, 7) is 1.73. The zero-order valence-corrected chi connectivity index (χ0v) is 10.5. The van der Waals surface area contributed by atoms with E-state index in [1.807, 2.05) is 22.6 Å². The number of benzene rings is 1. The van der Waals surface area contributed by atoms with E-state index in [2.05, 4.69) is 4.98 Å². The second kappa shape index (κ2) is 3.83. The predicted octanol–water partition coefficient (Wildman–Crippen LogP) is 4.08. The molecule has 2 aromatic rings. The molecule has 0 radical (unpaired) electrons. The third kappa shape index (κ3) is 1.80. The van der Waals surface area contributed by atoms with Crippen LogP contribution in [0.1, 0.15) is 5.69 Å². The standard InChI is InChI=1S/C10H5ClF2IN/c1-4-9(14)8(11)6-2-5(12)3-7(13)10(6)15-4/h2-3H,1H3. The van der Waals surface area contributed by atoms with Crippen LogP contribution in [0.3, 0.4) is 0 Å². The Morgan fingerprint density at radius 1 is 1.33 bits per heavy atom. The van der Waals surface area contributed by atoms with E-state index in [4.69, 9.17) is 11.6 Å². The Kier molecular flexibility index (Phi) is 2.81. The fourth-order valence-electron chi connectivity index (χ4n) is 1.34. The van der Waals surface area contributed by atoms with E-state index in [0.29, 0.717) is 19.7 Å². The van der Waals surface area contributed by atoms with Crippen molar-refractivity contribution < 1.29 is 8.78 Å². The molecule has 0 atom stereocenters. The van der Waals surface area contributed by atoms with Gasteiger partial charge in [0.05, 0.1) is 14.3 Å². The molecule has 1 nitrogen and oxygen atoms in total. The lowest BCUT2D eigenvalue weighted by atomic mass is 10.2. The van der Waals surface area contributed by atoms with E-state index in [0.717, 1.165) is 6.07 Å². The van der Waals surface area contributed by atoms with Gasteiger partial charge in [-0.15, -0.1) is 0 Å². The van der Waals surface area contributed by atoms with Crippen molar-refractivity contribution in [1.82, 2.24) is 4.98 Å². The van der Waals surface area contributed by atoms with Crippen molar-refractivity contribution in [2.75, 3.05) is 0 Å². The minimum Gasteiger partial charge on any atom is -0.249 e. The van der Waals surface area contributed by atoms with Crippen LogP contribution in [0.5, 0.6) is 0 Å². The molecule has 0 unspecified atom stereocenters. The van der Waals surface area contributed by atoms with Crippen LogP contribution >= 0.6 is 34.2 Å². The maximum absolute atomic E-state index is 13.4. The molecule has 1 aromatic heterocycles. The largest absolute Gasteiger partial charge is 0.249 e. The lowest BCUT2D eigenvalue weighted by molar-refractivity contribution is 0.590. The maximum Gasteiger partial charge on any atom is 0.152 e. The highest BCUT2D eigenvalue weighted by Crippen LogP contribution is 2.30. The Labute approximate surface area is 104 Å². The zero-order chi connectivity index (χ0) is 11.2. The molecule has 1 heterocycles. The van der Waals surface area contributed by atoms with Gasteiger partial charge in [0.15, 0.2) is 5.82 Å². The van der Waals surface area contributed by atoms with Crippen LogP contribution in [0.15, 0.2) is 12.1 Å². The van der Waals surface area contributed by atoms with Crippen molar-refractivity contribution in [1.29, 1.82) is 0 Å². The topological polar surface area (TPSA) is 12.9 Å². The average Bonchev–Trinajstić information content (AvgIpc) is 2.17. The Hall–Kier alpha value is -0.490. The molecule has 0 aliphatic heterocycles. The number of halogens is 4. The van der Waals surface area contributed by atoms with Gasteiger partial charge in [-0.25, -0.2) is 13.8 Å². The first-order valence-corrected chi connectivity index (χ1v) is 5.56. The summed E-state index contributed by atoms with van der Waals surface area (Å²) in [5, 5.41) is 0.653. The summed E-state index contributed by atoms with van der Waals surface area (Å²) >= 11 is 8.00. The van der Waals surface area contributed by atoms with Crippen molar-refractivity contribution in [3.05, 3.63) is 38.1 Å². The molecule has 2 rings (SSSR count). The Bertz CT molecular complexity index is 557. The van der Waals surface area contributed by atoms with Crippen molar-refractivity contribution >= 4 is 45.1 Å².